The lowest BCUT2D eigenvalue weighted by Gasteiger charge is -2.19. The van der Waals surface area contributed by atoms with Crippen LogP contribution < -0.4 is 15.4 Å². The van der Waals surface area contributed by atoms with Crippen molar-refractivity contribution in [1.82, 2.24) is 10.6 Å². The van der Waals surface area contributed by atoms with Crippen LogP contribution in [0.25, 0.3) is 10.4 Å². The van der Waals surface area contributed by atoms with Crippen molar-refractivity contribution in [3.63, 3.8) is 0 Å². The van der Waals surface area contributed by atoms with E-state index in [-0.39, 0.29) is 5.91 Å². The van der Waals surface area contributed by atoms with Gasteiger partial charge in [0.1, 0.15) is 11.4 Å². The maximum absolute atomic E-state index is 12.1. The maximum atomic E-state index is 12.1. The summed E-state index contributed by atoms with van der Waals surface area (Å²) in [4.78, 5) is 26.3. The predicted octanol–water partition coefficient (Wildman–Crippen LogP) is 3.05. The first-order chi connectivity index (χ1) is 15.3. The smallest absolute Gasteiger partial charge is 0.407 e. The first-order valence-corrected chi connectivity index (χ1v) is 10.5. The van der Waals surface area contributed by atoms with E-state index in [1.807, 2.05) is 20.8 Å². The highest BCUT2D eigenvalue weighted by atomic mass is 16.6. The van der Waals surface area contributed by atoms with Crippen molar-refractivity contribution < 1.29 is 28.5 Å². The molecule has 0 unspecified atom stereocenters. The largest absolute Gasteiger partial charge is 0.494 e. The maximum Gasteiger partial charge on any atom is 0.407 e. The van der Waals surface area contributed by atoms with Crippen LogP contribution in [0.1, 0.15) is 37.6 Å². The second kappa shape index (κ2) is 15.7. The number of hydrogen-bond donors (Lipinski definition) is 2. The molecule has 0 aliphatic heterocycles. The van der Waals surface area contributed by atoms with Gasteiger partial charge in [0.2, 0.25) is 0 Å². The number of benzene rings is 1. The van der Waals surface area contributed by atoms with E-state index in [1.165, 1.54) is 0 Å². The van der Waals surface area contributed by atoms with Crippen molar-refractivity contribution in [1.29, 1.82) is 0 Å². The van der Waals surface area contributed by atoms with E-state index in [0.717, 1.165) is 0 Å². The van der Waals surface area contributed by atoms with Crippen molar-refractivity contribution in [2.45, 2.75) is 32.8 Å². The Morgan fingerprint density at radius 2 is 1.66 bits per heavy atom. The second-order valence-electron chi connectivity index (χ2n) is 7.59. The monoisotopic (exact) mass is 451 g/mol. The first kappa shape index (κ1) is 27.0. The Balaban J connectivity index is 2.11. The van der Waals surface area contributed by atoms with Crippen LogP contribution in [0.3, 0.4) is 0 Å². The van der Waals surface area contributed by atoms with Gasteiger partial charge in [-0.1, -0.05) is 5.11 Å². The molecular formula is C21H33N5O6. The quantitative estimate of drug-likeness (QED) is 0.181. The molecule has 1 aromatic carbocycles. The molecule has 11 nitrogen and oxygen atoms in total. The van der Waals surface area contributed by atoms with Crippen LogP contribution in [0.15, 0.2) is 29.4 Å². The highest BCUT2D eigenvalue weighted by Crippen LogP contribution is 2.12. The molecule has 0 saturated heterocycles. The summed E-state index contributed by atoms with van der Waals surface area (Å²) >= 11 is 0. The number of alkyl carbamates (subject to hydrolysis) is 1. The molecule has 0 spiro atoms. The van der Waals surface area contributed by atoms with Crippen molar-refractivity contribution in [2.24, 2.45) is 5.11 Å². The summed E-state index contributed by atoms with van der Waals surface area (Å²) in [5, 5.41) is 8.79. The lowest BCUT2D eigenvalue weighted by Crippen LogP contribution is -2.33. The minimum absolute atomic E-state index is 0.202. The highest BCUT2D eigenvalue weighted by molar-refractivity contribution is 5.94. The molecule has 1 aromatic rings. The van der Waals surface area contributed by atoms with E-state index < -0.39 is 11.7 Å². The Kier molecular flexibility index (Phi) is 13.3. The van der Waals surface area contributed by atoms with E-state index >= 15 is 0 Å². The average molecular weight is 452 g/mol. The molecule has 0 radical (unpaired) electrons. The topological polar surface area (TPSA) is 144 Å². The van der Waals surface area contributed by atoms with E-state index in [4.69, 9.17) is 24.5 Å². The summed E-state index contributed by atoms with van der Waals surface area (Å²) in [6, 6.07) is 6.81. The zero-order chi connectivity index (χ0) is 23.7. The molecule has 1 rings (SSSR count). The Morgan fingerprint density at radius 1 is 0.969 bits per heavy atom. The summed E-state index contributed by atoms with van der Waals surface area (Å²) < 4.78 is 21.3. The number of nitrogens with zero attached hydrogens (tertiary/aromatic N) is 3. The molecule has 0 aliphatic carbocycles. The van der Waals surface area contributed by atoms with Gasteiger partial charge in [0, 0.05) is 30.1 Å². The van der Waals surface area contributed by atoms with Crippen LogP contribution in [0.5, 0.6) is 5.75 Å². The van der Waals surface area contributed by atoms with Crippen LogP contribution in [-0.4, -0.2) is 70.3 Å². The van der Waals surface area contributed by atoms with Crippen LogP contribution in [-0.2, 0) is 14.2 Å². The minimum atomic E-state index is -0.522. The number of nitrogens with one attached hydrogen (secondary N) is 2. The number of azide groups is 1. The zero-order valence-corrected chi connectivity index (χ0v) is 19.0. The van der Waals surface area contributed by atoms with Crippen LogP contribution in [0.4, 0.5) is 4.79 Å². The van der Waals surface area contributed by atoms with Gasteiger partial charge < -0.3 is 29.6 Å². The van der Waals surface area contributed by atoms with E-state index in [0.29, 0.717) is 70.4 Å². The van der Waals surface area contributed by atoms with Crippen molar-refractivity contribution in [2.75, 3.05) is 52.7 Å². The predicted molar refractivity (Wildman–Crippen MR) is 119 cm³/mol. The van der Waals surface area contributed by atoms with Gasteiger partial charge in [0.25, 0.3) is 5.91 Å². The SMILES string of the molecule is CC(C)(C)OC(=O)NCCCOc1ccc(C(=O)NCCOCCOCCN=[N+]=[N-])cc1. The Morgan fingerprint density at radius 3 is 2.31 bits per heavy atom. The summed E-state index contributed by atoms with van der Waals surface area (Å²) in [6.07, 6.45) is 0.175. The van der Waals surface area contributed by atoms with Crippen molar-refractivity contribution >= 4 is 12.0 Å². The highest BCUT2D eigenvalue weighted by Gasteiger charge is 2.15. The van der Waals surface area contributed by atoms with E-state index in [2.05, 4.69) is 20.7 Å². The van der Waals surface area contributed by atoms with E-state index in [9.17, 15) is 9.59 Å². The summed E-state index contributed by atoms with van der Waals surface area (Å²) in [7, 11) is 0. The van der Waals surface area contributed by atoms with Gasteiger partial charge in [-0.3, -0.25) is 4.79 Å². The molecule has 0 fully saturated rings. The fourth-order valence-electron chi connectivity index (χ4n) is 2.28. The summed E-state index contributed by atoms with van der Waals surface area (Å²) in [6.45, 7) is 8.47. The third-order valence-corrected chi connectivity index (χ3v) is 3.68. The van der Waals surface area contributed by atoms with Crippen molar-refractivity contribution in [3.8, 4) is 5.75 Å². The lowest BCUT2D eigenvalue weighted by molar-refractivity contribution is 0.0511. The average Bonchev–Trinajstić information content (AvgIpc) is 2.74. The first-order valence-electron chi connectivity index (χ1n) is 10.5. The number of carbonyl (C=O) groups excluding carboxylic acids is 2. The zero-order valence-electron chi connectivity index (χ0n) is 19.0. The molecule has 2 amide bonds. The standard InChI is InChI=1S/C21H33N5O6/c1-21(2,3)32-20(28)24-9-4-12-31-18-7-5-17(6-8-18)19(27)23-10-13-29-15-16-30-14-11-25-26-22/h5-8H,4,9-16H2,1-3H3,(H,23,27)(H,24,28). The summed E-state index contributed by atoms with van der Waals surface area (Å²) in [5.74, 6) is 0.440. The number of amides is 2. The van der Waals surface area contributed by atoms with Gasteiger partial charge in [0.15, 0.2) is 0 Å². The van der Waals surface area contributed by atoms with Gasteiger partial charge in [0.05, 0.1) is 33.0 Å². The van der Waals surface area contributed by atoms with Gasteiger partial charge in [-0.2, -0.15) is 0 Å². The molecular weight excluding hydrogens is 418 g/mol. The number of rotatable bonds is 15. The number of hydrogen-bond acceptors (Lipinski definition) is 7. The third-order valence-electron chi connectivity index (χ3n) is 3.68. The number of carbonyl (C=O) groups is 2. The number of ether oxygens (including phenoxy) is 4. The molecule has 0 saturated carbocycles. The fraction of sp³-hybridized carbons (Fsp3) is 0.619. The Hall–Kier alpha value is -3.01. The molecule has 0 bridgehead atoms. The Bertz CT molecular complexity index is 729. The molecule has 178 valence electrons. The van der Waals surface area contributed by atoms with E-state index in [1.54, 1.807) is 24.3 Å². The van der Waals surface area contributed by atoms with Gasteiger partial charge in [-0.15, -0.1) is 0 Å². The fourth-order valence-corrected chi connectivity index (χ4v) is 2.28. The molecule has 0 aromatic heterocycles. The van der Waals surface area contributed by atoms with Gasteiger partial charge >= 0.3 is 6.09 Å². The third kappa shape index (κ3) is 14.1. The molecule has 11 heteroatoms. The van der Waals surface area contributed by atoms with Crippen molar-refractivity contribution in [3.05, 3.63) is 40.3 Å². The van der Waals surface area contributed by atoms with Gasteiger partial charge in [-0.05, 0) is 57.0 Å². The molecule has 0 heterocycles. The normalized spacial score (nSPS) is 10.7. The molecule has 0 atom stereocenters. The lowest BCUT2D eigenvalue weighted by atomic mass is 10.2. The van der Waals surface area contributed by atoms with Crippen LogP contribution >= 0.6 is 0 Å². The molecule has 2 N–H and O–H groups in total. The minimum Gasteiger partial charge on any atom is -0.494 e. The Labute approximate surface area is 188 Å². The summed E-state index contributed by atoms with van der Waals surface area (Å²) in [5.41, 5.74) is 8.12. The second-order valence-corrected chi connectivity index (χ2v) is 7.59. The van der Waals surface area contributed by atoms with Gasteiger partial charge in [-0.25, -0.2) is 4.79 Å². The van der Waals surface area contributed by atoms with Crippen LogP contribution in [0, 0.1) is 0 Å². The molecule has 32 heavy (non-hydrogen) atoms. The molecule has 0 aliphatic rings. The van der Waals surface area contributed by atoms with Crippen LogP contribution in [0.2, 0.25) is 0 Å².